The number of hydrogen-bond donors (Lipinski definition) is 0. The molecule has 0 aliphatic heterocycles. The molecule has 0 atom stereocenters. The van der Waals surface area contributed by atoms with Crippen LogP contribution in [0.15, 0.2) is 0 Å². The van der Waals surface area contributed by atoms with Gasteiger partial charge in [0.1, 0.15) is 0 Å². The van der Waals surface area contributed by atoms with Crippen molar-refractivity contribution in [3.63, 3.8) is 0 Å². The Morgan fingerprint density at radius 2 is 0.682 bits per heavy atom. The highest BCUT2D eigenvalue weighted by molar-refractivity contribution is 4.58. The number of nitrogens with zero attached hydrogens (tertiary/aromatic N) is 1. The predicted octanol–water partition coefficient (Wildman–Crippen LogP) is 7.20. The number of rotatable bonds is 18. The minimum Gasteiger partial charge on any atom is -0.303 e. The van der Waals surface area contributed by atoms with Gasteiger partial charge < -0.3 is 4.90 Å². The molecule has 0 radical (unpaired) electrons. The Kier molecular flexibility index (Phi) is 19.0. The fourth-order valence-electron chi connectivity index (χ4n) is 3.10. The molecule has 0 aliphatic rings. The fraction of sp³-hybridized carbons (Fsp3) is 1.00. The van der Waals surface area contributed by atoms with Gasteiger partial charge in [0.25, 0.3) is 0 Å². The van der Waals surface area contributed by atoms with Crippen LogP contribution in [0.5, 0.6) is 0 Å². The molecule has 0 aromatic heterocycles. The standard InChI is InChI=1S/C21H45N/c1-4-7-10-11-12-13-14-15-16-17-18-21-22(19-8-5-2)20-9-6-3/h4-21H2,1-3H3. The van der Waals surface area contributed by atoms with Gasteiger partial charge in [-0.1, -0.05) is 97.8 Å². The van der Waals surface area contributed by atoms with E-state index in [1.54, 1.807) is 0 Å². The maximum atomic E-state index is 2.71. The van der Waals surface area contributed by atoms with Crippen LogP contribution in [0.25, 0.3) is 0 Å². The van der Waals surface area contributed by atoms with E-state index in [0.29, 0.717) is 0 Å². The van der Waals surface area contributed by atoms with Crippen LogP contribution in [-0.4, -0.2) is 24.5 Å². The van der Waals surface area contributed by atoms with Crippen molar-refractivity contribution < 1.29 is 0 Å². The zero-order valence-corrected chi connectivity index (χ0v) is 16.2. The molecule has 0 N–H and O–H groups in total. The lowest BCUT2D eigenvalue weighted by atomic mass is 10.1. The van der Waals surface area contributed by atoms with Gasteiger partial charge in [-0.3, -0.25) is 0 Å². The molecular formula is C21H45N. The molecule has 0 aliphatic carbocycles. The van der Waals surface area contributed by atoms with Crippen LogP contribution in [0.3, 0.4) is 0 Å². The van der Waals surface area contributed by atoms with Gasteiger partial charge in [0.2, 0.25) is 0 Å². The molecule has 0 heterocycles. The maximum Gasteiger partial charge on any atom is -0.00187 e. The quantitative estimate of drug-likeness (QED) is 0.242. The molecule has 0 aromatic carbocycles. The van der Waals surface area contributed by atoms with Gasteiger partial charge in [-0.05, 0) is 38.9 Å². The third-order valence-electron chi connectivity index (χ3n) is 4.73. The summed E-state index contributed by atoms with van der Waals surface area (Å²) in [5.41, 5.74) is 0. The monoisotopic (exact) mass is 311 g/mol. The van der Waals surface area contributed by atoms with E-state index < -0.39 is 0 Å². The zero-order valence-electron chi connectivity index (χ0n) is 16.2. The first kappa shape index (κ1) is 22.0. The highest BCUT2D eigenvalue weighted by Crippen LogP contribution is 2.11. The van der Waals surface area contributed by atoms with Crippen LogP contribution in [-0.2, 0) is 0 Å². The van der Waals surface area contributed by atoms with Gasteiger partial charge >= 0.3 is 0 Å². The van der Waals surface area contributed by atoms with E-state index in [9.17, 15) is 0 Å². The van der Waals surface area contributed by atoms with E-state index in [4.69, 9.17) is 0 Å². The Morgan fingerprint density at radius 3 is 1.09 bits per heavy atom. The Hall–Kier alpha value is -0.0400. The van der Waals surface area contributed by atoms with Crippen molar-refractivity contribution in [2.45, 2.75) is 117 Å². The van der Waals surface area contributed by atoms with Crippen molar-refractivity contribution in [2.75, 3.05) is 19.6 Å². The summed E-state index contributed by atoms with van der Waals surface area (Å²) < 4.78 is 0. The van der Waals surface area contributed by atoms with Gasteiger partial charge in [0, 0.05) is 0 Å². The Balaban J connectivity index is 3.33. The van der Waals surface area contributed by atoms with E-state index in [-0.39, 0.29) is 0 Å². The third kappa shape index (κ3) is 16.3. The van der Waals surface area contributed by atoms with E-state index in [2.05, 4.69) is 25.7 Å². The molecule has 0 saturated heterocycles. The summed E-state index contributed by atoms with van der Waals surface area (Å²) in [7, 11) is 0. The highest BCUT2D eigenvalue weighted by atomic mass is 15.1. The molecular weight excluding hydrogens is 266 g/mol. The first-order valence-corrected chi connectivity index (χ1v) is 10.6. The van der Waals surface area contributed by atoms with Crippen LogP contribution in [0, 0.1) is 0 Å². The van der Waals surface area contributed by atoms with Crippen molar-refractivity contribution in [1.29, 1.82) is 0 Å². The van der Waals surface area contributed by atoms with Crippen LogP contribution in [0.2, 0.25) is 0 Å². The lowest BCUT2D eigenvalue weighted by molar-refractivity contribution is 0.259. The molecule has 0 rings (SSSR count). The lowest BCUT2D eigenvalue weighted by Crippen LogP contribution is -2.27. The summed E-state index contributed by atoms with van der Waals surface area (Å²) in [4.78, 5) is 2.71. The average Bonchev–Trinajstić information content (AvgIpc) is 2.54. The molecule has 0 bridgehead atoms. The SMILES string of the molecule is CCCCCCCCCCCCCN(CCCC)CCCC. The van der Waals surface area contributed by atoms with Crippen molar-refractivity contribution in [3.8, 4) is 0 Å². The van der Waals surface area contributed by atoms with Gasteiger partial charge in [-0.2, -0.15) is 0 Å². The van der Waals surface area contributed by atoms with Crippen molar-refractivity contribution >= 4 is 0 Å². The minimum atomic E-state index is 1.33. The predicted molar refractivity (Wildman–Crippen MR) is 103 cm³/mol. The summed E-state index contributed by atoms with van der Waals surface area (Å²) in [6, 6.07) is 0. The molecule has 0 fully saturated rings. The summed E-state index contributed by atoms with van der Waals surface area (Å²) in [5.74, 6) is 0. The molecule has 134 valence electrons. The number of hydrogen-bond acceptors (Lipinski definition) is 1. The van der Waals surface area contributed by atoms with Crippen LogP contribution >= 0.6 is 0 Å². The lowest BCUT2D eigenvalue weighted by Gasteiger charge is -2.21. The molecule has 1 heteroatoms. The fourth-order valence-corrected chi connectivity index (χ4v) is 3.10. The Labute approximate surface area is 142 Å². The molecule has 0 saturated carbocycles. The molecule has 22 heavy (non-hydrogen) atoms. The molecule has 0 spiro atoms. The maximum absolute atomic E-state index is 2.71. The summed E-state index contributed by atoms with van der Waals surface area (Å²) >= 11 is 0. The topological polar surface area (TPSA) is 3.24 Å². The van der Waals surface area contributed by atoms with Crippen LogP contribution in [0.4, 0.5) is 0 Å². The van der Waals surface area contributed by atoms with Crippen LogP contribution < -0.4 is 0 Å². The Morgan fingerprint density at radius 1 is 0.364 bits per heavy atom. The van der Waals surface area contributed by atoms with E-state index >= 15 is 0 Å². The summed E-state index contributed by atoms with van der Waals surface area (Å²) in [5, 5.41) is 0. The van der Waals surface area contributed by atoms with Crippen molar-refractivity contribution in [1.82, 2.24) is 4.90 Å². The highest BCUT2D eigenvalue weighted by Gasteiger charge is 2.03. The number of unbranched alkanes of at least 4 members (excludes halogenated alkanes) is 12. The van der Waals surface area contributed by atoms with Crippen LogP contribution in [0.1, 0.15) is 117 Å². The summed E-state index contributed by atoms with van der Waals surface area (Å²) in [6.07, 6.45) is 21.4. The molecule has 1 nitrogen and oxygen atoms in total. The second-order valence-electron chi connectivity index (χ2n) is 7.08. The van der Waals surface area contributed by atoms with E-state index in [0.717, 1.165) is 0 Å². The van der Waals surface area contributed by atoms with Gasteiger partial charge in [0.05, 0.1) is 0 Å². The van der Waals surface area contributed by atoms with E-state index in [1.807, 2.05) is 0 Å². The molecule has 0 aromatic rings. The second-order valence-corrected chi connectivity index (χ2v) is 7.08. The molecule has 0 unspecified atom stereocenters. The van der Waals surface area contributed by atoms with Gasteiger partial charge in [-0.25, -0.2) is 0 Å². The largest absolute Gasteiger partial charge is 0.303 e. The van der Waals surface area contributed by atoms with E-state index in [1.165, 1.54) is 116 Å². The zero-order chi connectivity index (χ0) is 16.3. The first-order chi connectivity index (χ1) is 10.8. The minimum absolute atomic E-state index is 1.33. The van der Waals surface area contributed by atoms with Crippen molar-refractivity contribution in [3.05, 3.63) is 0 Å². The van der Waals surface area contributed by atoms with Crippen molar-refractivity contribution in [2.24, 2.45) is 0 Å². The van der Waals surface area contributed by atoms with Gasteiger partial charge in [-0.15, -0.1) is 0 Å². The average molecular weight is 312 g/mol. The second kappa shape index (κ2) is 19.0. The van der Waals surface area contributed by atoms with Gasteiger partial charge in [0.15, 0.2) is 0 Å². The smallest absolute Gasteiger partial charge is 0.00187 e. The summed E-state index contributed by atoms with van der Waals surface area (Å²) in [6.45, 7) is 10.9. The Bertz CT molecular complexity index is 182. The molecule has 0 amide bonds. The normalized spacial score (nSPS) is 11.5. The first-order valence-electron chi connectivity index (χ1n) is 10.6. The third-order valence-corrected chi connectivity index (χ3v) is 4.73.